The van der Waals surface area contributed by atoms with Crippen molar-refractivity contribution in [2.45, 2.75) is 19.2 Å². The Morgan fingerprint density at radius 2 is 2.00 bits per heavy atom. The van der Waals surface area contributed by atoms with Crippen LogP contribution in [0.2, 0.25) is 0 Å². The second-order valence-corrected chi connectivity index (χ2v) is 4.63. The summed E-state index contributed by atoms with van der Waals surface area (Å²) in [5.74, 6) is -0.776. The number of hydrogen-bond acceptors (Lipinski definition) is 4. The second kappa shape index (κ2) is 5.05. The van der Waals surface area contributed by atoms with Gasteiger partial charge >= 0.3 is 5.76 Å². The maximum Gasteiger partial charge on any atom is 0.419 e. The molecule has 1 aromatic carbocycles. The Kier molecular flexibility index (Phi) is 3.23. The molecule has 0 radical (unpaired) electrons. The van der Waals surface area contributed by atoms with Crippen molar-refractivity contribution in [1.82, 2.24) is 4.98 Å². The molecule has 0 bridgehead atoms. The summed E-state index contributed by atoms with van der Waals surface area (Å²) in [5, 5.41) is 0. The standard InChI is InChI=1S/C14H12FNO4/c15-5-8-1-3-9(4-2-8)10-6-19-7-11-12(10)20-14(18)16-13(11)17/h1-4,10H,5-7H2,(H,16,17,18). The molecule has 104 valence electrons. The minimum atomic E-state index is -0.777. The van der Waals surface area contributed by atoms with Gasteiger partial charge in [-0.1, -0.05) is 24.3 Å². The number of nitrogens with one attached hydrogen (secondary N) is 1. The Labute approximate surface area is 113 Å². The van der Waals surface area contributed by atoms with Crippen LogP contribution in [0.15, 0.2) is 38.3 Å². The number of hydrogen-bond donors (Lipinski definition) is 1. The Morgan fingerprint density at radius 3 is 2.70 bits per heavy atom. The van der Waals surface area contributed by atoms with Crippen LogP contribution in [0.1, 0.15) is 28.4 Å². The number of aromatic nitrogens is 1. The van der Waals surface area contributed by atoms with Crippen molar-refractivity contribution in [2.24, 2.45) is 0 Å². The first-order valence-corrected chi connectivity index (χ1v) is 6.18. The Bertz CT molecular complexity index is 732. The van der Waals surface area contributed by atoms with Gasteiger partial charge in [0.15, 0.2) is 0 Å². The van der Waals surface area contributed by atoms with Crippen LogP contribution < -0.4 is 11.3 Å². The molecule has 1 unspecified atom stereocenters. The van der Waals surface area contributed by atoms with Crippen molar-refractivity contribution < 1.29 is 13.5 Å². The molecule has 1 aromatic heterocycles. The quantitative estimate of drug-likeness (QED) is 0.902. The molecule has 0 saturated carbocycles. The van der Waals surface area contributed by atoms with Crippen molar-refractivity contribution in [3.8, 4) is 0 Å². The molecule has 5 nitrogen and oxygen atoms in total. The smallest absolute Gasteiger partial charge is 0.413 e. The SMILES string of the molecule is O=c1[nH]c(=O)c2c(o1)C(c1ccc(CF)cc1)COC2. The highest BCUT2D eigenvalue weighted by Gasteiger charge is 2.27. The summed E-state index contributed by atoms with van der Waals surface area (Å²) < 4.78 is 23.0. The van der Waals surface area contributed by atoms with E-state index in [-0.39, 0.29) is 12.5 Å². The molecule has 1 atom stereocenters. The molecule has 3 rings (SSSR count). The lowest BCUT2D eigenvalue weighted by Gasteiger charge is -2.23. The molecule has 0 spiro atoms. The van der Waals surface area contributed by atoms with Crippen molar-refractivity contribution in [3.63, 3.8) is 0 Å². The molecular weight excluding hydrogens is 265 g/mol. The highest BCUT2D eigenvalue weighted by molar-refractivity contribution is 5.33. The lowest BCUT2D eigenvalue weighted by Crippen LogP contribution is -2.30. The van der Waals surface area contributed by atoms with Gasteiger partial charge in [0.2, 0.25) is 0 Å². The van der Waals surface area contributed by atoms with Crippen LogP contribution in [0.4, 0.5) is 4.39 Å². The Morgan fingerprint density at radius 1 is 1.25 bits per heavy atom. The van der Waals surface area contributed by atoms with Gasteiger partial charge in [0.25, 0.3) is 5.56 Å². The lowest BCUT2D eigenvalue weighted by atomic mass is 9.92. The van der Waals surface area contributed by atoms with E-state index in [0.29, 0.717) is 23.5 Å². The maximum absolute atomic E-state index is 12.5. The van der Waals surface area contributed by atoms with E-state index in [2.05, 4.69) is 4.98 Å². The van der Waals surface area contributed by atoms with Crippen molar-refractivity contribution in [1.29, 1.82) is 0 Å². The van der Waals surface area contributed by atoms with E-state index in [1.165, 1.54) is 0 Å². The third kappa shape index (κ3) is 2.18. The zero-order valence-electron chi connectivity index (χ0n) is 10.5. The molecule has 0 saturated heterocycles. The first-order valence-electron chi connectivity index (χ1n) is 6.18. The lowest BCUT2D eigenvalue weighted by molar-refractivity contribution is 0.0854. The third-order valence-corrected chi connectivity index (χ3v) is 3.37. The van der Waals surface area contributed by atoms with Crippen molar-refractivity contribution in [3.05, 3.63) is 67.6 Å². The molecule has 2 aromatic rings. The predicted molar refractivity (Wildman–Crippen MR) is 68.4 cm³/mol. The normalized spacial score (nSPS) is 17.8. The number of aromatic amines is 1. The van der Waals surface area contributed by atoms with Crippen molar-refractivity contribution in [2.75, 3.05) is 6.61 Å². The molecule has 1 aliphatic heterocycles. The van der Waals surface area contributed by atoms with Gasteiger partial charge in [-0.25, -0.2) is 9.18 Å². The zero-order valence-corrected chi connectivity index (χ0v) is 10.5. The van der Waals surface area contributed by atoms with Crippen LogP contribution in [0.5, 0.6) is 0 Å². The highest BCUT2D eigenvalue weighted by atomic mass is 19.1. The van der Waals surface area contributed by atoms with Crippen LogP contribution in [-0.2, 0) is 18.0 Å². The van der Waals surface area contributed by atoms with E-state index in [1.807, 2.05) is 0 Å². The zero-order chi connectivity index (χ0) is 14.1. The maximum atomic E-state index is 12.5. The minimum absolute atomic E-state index is 0.119. The monoisotopic (exact) mass is 277 g/mol. The van der Waals surface area contributed by atoms with E-state index >= 15 is 0 Å². The van der Waals surface area contributed by atoms with Crippen LogP contribution in [-0.4, -0.2) is 11.6 Å². The van der Waals surface area contributed by atoms with Crippen molar-refractivity contribution >= 4 is 0 Å². The number of fused-ring (bicyclic) bond motifs is 1. The molecule has 0 fully saturated rings. The molecule has 1 aliphatic rings. The fourth-order valence-corrected chi connectivity index (χ4v) is 2.33. The van der Waals surface area contributed by atoms with Gasteiger partial charge in [0, 0.05) is 0 Å². The van der Waals surface area contributed by atoms with Crippen LogP contribution in [0.25, 0.3) is 0 Å². The number of benzene rings is 1. The summed E-state index contributed by atoms with van der Waals surface area (Å²) in [6, 6.07) is 6.82. The average Bonchev–Trinajstić information content (AvgIpc) is 2.47. The fourth-order valence-electron chi connectivity index (χ4n) is 2.33. The molecule has 0 aliphatic carbocycles. The molecule has 6 heteroatoms. The van der Waals surface area contributed by atoms with E-state index in [4.69, 9.17) is 9.15 Å². The van der Waals surface area contributed by atoms with Gasteiger partial charge < -0.3 is 9.15 Å². The summed E-state index contributed by atoms with van der Waals surface area (Å²) in [5.41, 5.74) is 1.23. The molecule has 20 heavy (non-hydrogen) atoms. The van der Waals surface area contributed by atoms with Gasteiger partial charge in [0.1, 0.15) is 12.4 Å². The minimum Gasteiger partial charge on any atom is -0.413 e. The Hall–Kier alpha value is -2.21. The molecule has 2 heterocycles. The van der Waals surface area contributed by atoms with Gasteiger partial charge in [-0.2, -0.15) is 0 Å². The summed E-state index contributed by atoms with van der Waals surface area (Å²) >= 11 is 0. The van der Waals surface area contributed by atoms with E-state index in [1.54, 1.807) is 24.3 Å². The van der Waals surface area contributed by atoms with E-state index in [0.717, 1.165) is 5.56 Å². The van der Waals surface area contributed by atoms with E-state index < -0.39 is 18.0 Å². The van der Waals surface area contributed by atoms with Gasteiger partial charge in [-0.05, 0) is 11.1 Å². The summed E-state index contributed by atoms with van der Waals surface area (Å²) in [6.45, 7) is -0.103. The molecule has 0 amide bonds. The molecule has 1 N–H and O–H groups in total. The highest BCUT2D eigenvalue weighted by Crippen LogP contribution is 2.29. The first-order chi connectivity index (χ1) is 9.69. The van der Waals surface area contributed by atoms with Gasteiger partial charge in [0.05, 0.1) is 24.7 Å². The average molecular weight is 277 g/mol. The largest absolute Gasteiger partial charge is 0.419 e. The number of alkyl halides is 1. The summed E-state index contributed by atoms with van der Waals surface area (Å²) in [6.07, 6.45) is 0. The van der Waals surface area contributed by atoms with Crippen LogP contribution >= 0.6 is 0 Å². The predicted octanol–water partition coefficient (Wildman–Crippen LogP) is 1.46. The number of rotatable bonds is 2. The van der Waals surface area contributed by atoms with Gasteiger partial charge in [-0.3, -0.25) is 9.78 Å². The number of ether oxygens (including phenoxy) is 1. The topological polar surface area (TPSA) is 72.3 Å². The summed E-state index contributed by atoms with van der Waals surface area (Å²) in [7, 11) is 0. The summed E-state index contributed by atoms with van der Waals surface area (Å²) in [4.78, 5) is 25.1. The fraction of sp³-hybridized carbons (Fsp3) is 0.286. The second-order valence-electron chi connectivity index (χ2n) is 4.63. The molecular formula is C14H12FNO4. The third-order valence-electron chi connectivity index (χ3n) is 3.37. The number of H-pyrrole nitrogens is 1. The first kappa shape index (κ1) is 12.8. The van der Waals surface area contributed by atoms with Gasteiger partial charge in [-0.15, -0.1) is 0 Å². The van der Waals surface area contributed by atoms with Crippen LogP contribution in [0, 0.1) is 0 Å². The van der Waals surface area contributed by atoms with E-state index in [9.17, 15) is 14.0 Å². The van der Waals surface area contributed by atoms with Crippen LogP contribution in [0.3, 0.4) is 0 Å². The number of halogens is 1. The Balaban J connectivity index is 2.09.